The van der Waals surface area contributed by atoms with E-state index in [0.29, 0.717) is 5.69 Å². The number of aromatic nitrogens is 1. The van der Waals surface area contributed by atoms with Crippen LogP contribution in [0, 0.1) is 11.8 Å². The molecule has 128 valence electrons. The van der Waals surface area contributed by atoms with Crippen molar-refractivity contribution in [1.82, 2.24) is 9.88 Å². The first-order chi connectivity index (χ1) is 12.1. The fourth-order valence-corrected chi connectivity index (χ4v) is 3.93. The fourth-order valence-electron chi connectivity index (χ4n) is 3.93. The van der Waals surface area contributed by atoms with Crippen LogP contribution in [0.15, 0.2) is 36.5 Å². The zero-order valence-corrected chi connectivity index (χ0v) is 13.8. The second kappa shape index (κ2) is 6.27. The maximum Gasteiger partial charge on any atom is 0.244 e. The third-order valence-corrected chi connectivity index (χ3v) is 5.15. The zero-order chi connectivity index (χ0) is 17.4. The topological polar surface area (TPSA) is 79.4 Å². The van der Waals surface area contributed by atoms with E-state index in [1.54, 1.807) is 18.3 Å². The van der Waals surface area contributed by atoms with Crippen LogP contribution in [0.1, 0.15) is 25.7 Å². The average Bonchev–Trinajstić information content (AvgIpc) is 2.87. The van der Waals surface area contributed by atoms with Crippen LogP contribution in [0.4, 0.5) is 5.69 Å². The van der Waals surface area contributed by atoms with Gasteiger partial charge in [-0.15, -0.1) is 0 Å². The highest BCUT2D eigenvalue weighted by molar-refractivity contribution is 6.09. The lowest BCUT2D eigenvalue weighted by molar-refractivity contribution is -0.142. The summed E-state index contributed by atoms with van der Waals surface area (Å²) in [4.78, 5) is 42.8. The number of carbonyl (C=O) groups excluding carboxylic acids is 3. The molecule has 1 N–H and O–H groups in total. The molecule has 1 aromatic carbocycles. The summed E-state index contributed by atoms with van der Waals surface area (Å²) in [6.45, 7) is -0.221. The summed E-state index contributed by atoms with van der Waals surface area (Å²) in [5, 5.41) is 3.63. The van der Waals surface area contributed by atoms with Gasteiger partial charge < -0.3 is 5.32 Å². The normalized spacial score (nSPS) is 23.0. The SMILES string of the molecule is O=C(CN1C(=O)C2CCCCC2C1=O)Nc1cccc2ncccc12. The van der Waals surface area contributed by atoms with E-state index in [4.69, 9.17) is 0 Å². The van der Waals surface area contributed by atoms with Gasteiger partial charge in [-0.05, 0) is 37.1 Å². The van der Waals surface area contributed by atoms with Gasteiger partial charge in [0.25, 0.3) is 0 Å². The maximum absolute atomic E-state index is 12.5. The number of fused-ring (bicyclic) bond motifs is 2. The molecule has 2 unspecified atom stereocenters. The molecule has 1 aromatic heterocycles. The summed E-state index contributed by atoms with van der Waals surface area (Å²) >= 11 is 0. The van der Waals surface area contributed by atoms with Crippen molar-refractivity contribution in [3.8, 4) is 0 Å². The number of anilines is 1. The number of imide groups is 1. The third kappa shape index (κ3) is 2.77. The van der Waals surface area contributed by atoms with Crippen LogP contribution >= 0.6 is 0 Å². The molecule has 2 aliphatic rings. The van der Waals surface area contributed by atoms with E-state index in [1.807, 2.05) is 18.2 Å². The molecule has 2 aromatic rings. The lowest BCUT2D eigenvalue weighted by Gasteiger charge is -2.19. The Hall–Kier alpha value is -2.76. The summed E-state index contributed by atoms with van der Waals surface area (Å²) < 4.78 is 0. The van der Waals surface area contributed by atoms with Gasteiger partial charge in [0, 0.05) is 11.6 Å². The van der Waals surface area contributed by atoms with E-state index in [0.717, 1.165) is 41.5 Å². The highest BCUT2D eigenvalue weighted by Crippen LogP contribution is 2.37. The minimum absolute atomic E-state index is 0.190. The molecule has 25 heavy (non-hydrogen) atoms. The van der Waals surface area contributed by atoms with Crippen molar-refractivity contribution in [2.24, 2.45) is 11.8 Å². The molecule has 1 aliphatic heterocycles. The quantitative estimate of drug-likeness (QED) is 0.872. The molecule has 0 bridgehead atoms. The van der Waals surface area contributed by atoms with Crippen molar-refractivity contribution in [3.05, 3.63) is 36.5 Å². The summed E-state index contributed by atoms with van der Waals surface area (Å²) in [6, 6.07) is 9.14. The van der Waals surface area contributed by atoms with Crippen molar-refractivity contribution in [2.45, 2.75) is 25.7 Å². The van der Waals surface area contributed by atoms with Crippen molar-refractivity contribution >= 4 is 34.3 Å². The first-order valence-electron chi connectivity index (χ1n) is 8.64. The van der Waals surface area contributed by atoms with Crippen LogP contribution < -0.4 is 5.32 Å². The number of nitrogens with one attached hydrogen (secondary N) is 1. The second-order valence-corrected chi connectivity index (χ2v) is 6.68. The molecule has 6 nitrogen and oxygen atoms in total. The first-order valence-corrected chi connectivity index (χ1v) is 8.64. The Morgan fingerprint density at radius 1 is 1.08 bits per heavy atom. The summed E-state index contributed by atoms with van der Waals surface area (Å²) in [5.41, 5.74) is 1.41. The summed E-state index contributed by atoms with van der Waals surface area (Å²) in [6.07, 6.45) is 5.15. The smallest absolute Gasteiger partial charge is 0.244 e. The van der Waals surface area contributed by atoms with Crippen LogP contribution in [-0.4, -0.2) is 34.2 Å². The highest BCUT2D eigenvalue weighted by Gasteiger charge is 2.48. The molecular weight excluding hydrogens is 318 g/mol. The molecule has 1 aliphatic carbocycles. The van der Waals surface area contributed by atoms with Crippen molar-refractivity contribution in [3.63, 3.8) is 0 Å². The fraction of sp³-hybridized carbons (Fsp3) is 0.368. The molecule has 0 radical (unpaired) electrons. The van der Waals surface area contributed by atoms with E-state index >= 15 is 0 Å². The van der Waals surface area contributed by atoms with Crippen molar-refractivity contribution in [2.75, 3.05) is 11.9 Å². The minimum atomic E-state index is -0.364. The molecule has 2 atom stereocenters. The molecule has 2 fully saturated rings. The number of hydrogen-bond donors (Lipinski definition) is 1. The predicted octanol–water partition coefficient (Wildman–Crippen LogP) is 2.35. The van der Waals surface area contributed by atoms with Gasteiger partial charge in [-0.25, -0.2) is 0 Å². The maximum atomic E-state index is 12.5. The number of rotatable bonds is 3. The van der Waals surface area contributed by atoms with Gasteiger partial charge in [0.1, 0.15) is 6.54 Å². The average molecular weight is 337 g/mol. The van der Waals surface area contributed by atoms with Gasteiger partial charge in [0.2, 0.25) is 17.7 Å². The predicted molar refractivity (Wildman–Crippen MR) is 92.5 cm³/mol. The van der Waals surface area contributed by atoms with E-state index in [-0.39, 0.29) is 36.1 Å². The van der Waals surface area contributed by atoms with Gasteiger partial charge in [0.05, 0.1) is 23.0 Å². The summed E-state index contributed by atoms with van der Waals surface area (Å²) in [5.74, 6) is -1.20. The molecule has 0 spiro atoms. The molecule has 3 amide bonds. The summed E-state index contributed by atoms with van der Waals surface area (Å²) in [7, 11) is 0. The van der Waals surface area contributed by atoms with Gasteiger partial charge >= 0.3 is 0 Å². The lowest BCUT2D eigenvalue weighted by atomic mass is 9.81. The van der Waals surface area contributed by atoms with Crippen LogP contribution in [0.25, 0.3) is 10.9 Å². The van der Waals surface area contributed by atoms with Crippen molar-refractivity contribution < 1.29 is 14.4 Å². The molecular formula is C19H19N3O3. The Kier molecular flexibility index (Phi) is 3.95. The third-order valence-electron chi connectivity index (χ3n) is 5.15. The molecule has 1 saturated heterocycles. The Bertz CT molecular complexity index is 835. The Balaban J connectivity index is 1.50. The number of likely N-dealkylation sites (tertiary alicyclic amines) is 1. The lowest BCUT2D eigenvalue weighted by Crippen LogP contribution is -2.38. The number of carbonyl (C=O) groups is 3. The van der Waals surface area contributed by atoms with Crippen LogP contribution in [0.2, 0.25) is 0 Å². The number of hydrogen-bond acceptors (Lipinski definition) is 4. The first kappa shape index (κ1) is 15.7. The van der Waals surface area contributed by atoms with E-state index in [9.17, 15) is 14.4 Å². The second-order valence-electron chi connectivity index (χ2n) is 6.68. The number of nitrogens with zero attached hydrogens (tertiary/aromatic N) is 2. The molecule has 4 rings (SSSR count). The van der Waals surface area contributed by atoms with Gasteiger partial charge in [-0.1, -0.05) is 18.9 Å². The Morgan fingerprint density at radius 2 is 1.80 bits per heavy atom. The highest BCUT2D eigenvalue weighted by atomic mass is 16.2. The van der Waals surface area contributed by atoms with Gasteiger partial charge in [-0.3, -0.25) is 24.3 Å². The monoisotopic (exact) mass is 337 g/mol. The molecule has 6 heteroatoms. The molecule has 1 saturated carbocycles. The number of pyridine rings is 1. The minimum Gasteiger partial charge on any atom is -0.324 e. The van der Waals surface area contributed by atoms with Gasteiger partial charge in [-0.2, -0.15) is 0 Å². The number of benzene rings is 1. The van der Waals surface area contributed by atoms with Crippen molar-refractivity contribution in [1.29, 1.82) is 0 Å². The van der Waals surface area contributed by atoms with Crippen LogP contribution in [-0.2, 0) is 14.4 Å². The van der Waals surface area contributed by atoms with E-state index in [2.05, 4.69) is 10.3 Å². The van der Waals surface area contributed by atoms with Gasteiger partial charge in [0.15, 0.2) is 0 Å². The van der Waals surface area contributed by atoms with Crippen LogP contribution in [0.3, 0.4) is 0 Å². The van der Waals surface area contributed by atoms with E-state index in [1.165, 1.54) is 0 Å². The molecule has 2 heterocycles. The largest absolute Gasteiger partial charge is 0.324 e. The standard InChI is InChI=1S/C19H19N3O3/c23-17(21-16-9-3-8-15-14(16)7-4-10-20-15)11-22-18(24)12-5-1-2-6-13(12)19(22)25/h3-4,7-10,12-13H,1-2,5-6,11H2,(H,21,23). The zero-order valence-electron chi connectivity index (χ0n) is 13.8. The Morgan fingerprint density at radius 3 is 2.52 bits per heavy atom. The van der Waals surface area contributed by atoms with Crippen LogP contribution in [0.5, 0.6) is 0 Å². The number of amides is 3. The van der Waals surface area contributed by atoms with E-state index < -0.39 is 0 Å². The Labute approximate surface area is 145 Å².